The molecule has 0 amide bonds. The molecular formula is C20H28N2O. The van der Waals surface area contributed by atoms with Crippen LogP contribution in [0.2, 0.25) is 0 Å². The van der Waals surface area contributed by atoms with Gasteiger partial charge < -0.3 is 15.4 Å². The number of hydrogen-bond acceptors (Lipinski definition) is 3. The van der Waals surface area contributed by atoms with E-state index < -0.39 is 0 Å². The molecule has 0 aliphatic rings. The fourth-order valence-corrected chi connectivity index (χ4v) is 2.66. The van der Waals surface area contributed by atoms with Crippen LogP contribution in [0.15, 0.2) is 54.6 Å². The van der Waals surface area contributed by atoms with Crippen LogP contribution in [0.25, 0.3) is 0 Å². The van der Waals surface area contributed by atoms with Crippen LogP contribution in [-0.4, -0.2) is 27.2 Å². The van der Waals surface area contributed by atoms with E-state index in [9.17, 15) is 0 Å². The smallest absolute Gasteiger partial charge is 0.119 e. The minimum absolute atomic E-state index is 0.433. The standard InChI is InChI=1S/C20H28N2O/c1-22(2)19-13-11-17(12-14-19)18(16-21)8-6-7-15-23-20-9-4-3-5-10-20/h3-5,9-14,18H,6-8,15-16,21H2,1-2H3. The van der Waals surface area contributed by atoms with E-state index in [1.165, 1.54) is 11.3 Å². The second-order valence-corrected chi connectivity index (χ2v) is 6.08. The first kappa shape index (κ1) is 17.4. The van der Waals surface area contributed by atoms with Gasteiger partial charge in [0.2, 0.25) is 0 Å². The van der Waals surface area contributed by atoms with Crippen molar-refractivity contribution < 1.29 is 4.74 Å². The highest BCUT2D eigenvalue weighted by molar-refractivity contribution is 5.46. The Kier molecular flexibility index (Phi) is 6.95. The summed E-state index contributed by atoms with van der Waals surface area (Å²) in [4.78, 5) is 2.11. The van der Waals surface area contributed by atoms with Gasteiger partial charge in [-0.1, -0.05) is 30.3 Å². The summed E-state index contributed by atoms with van der Waals surface area (Å²) in [6, 6.07) is 18.7. The third kappa shape index (κ3) is 5.61. The summed E-state index contributed by atoms with van der Waals surface area (Å²) in [5.41, 5.74) is 8.52. The monoisotopic (exact) mass is 312 g/mol. The van der Waals surface area contributed by atoms with E-state index in [2.05, 4.69) is 43.3 Å². The van der Waals surface area contributed by atoms with Crippen molar-refractivity contribution in [2.45, 2.75) is 25.2 Å². The molecule has 2 N–H and O–H groups in total. The first-order valence-corrected chi connectivity index (χ1v) is 8.36. The Morgan fingerprint density at radius 3 is 2.26 bits per heavy atom. The van der Waals surface area contributed by atoms with Crippen LogP contribution < -0.4 is 15.4 Å². The highest BCUT2D eigenvalue weighted by Gasteiger charge is 2.09. The van der Waals surface area contributed by atoms with E-state index >= 15 is 0 Å². The van der Waals surface area contributed by atoms with Gasteiger partial charge in [-0.25, -0.2) is 0 Å². The van der Waals surface area contributed by atoms with Crippen molar-refractivity contribution in [3.05, 3.63) is 60.2 Å². The maximum Gasteiger partial charge on any atom is 0.119 e. The molecule has 3 heteroatoms. The second kappa shape index (κ2) is 9.21. The molecule has 1 atom stereocenters. The topological polar surface area (TPSA) is 38.5 Å². The number of unbranched alkanes of at least 4 members (excludes halogenated alkanes) is 1. The molecule has 0 spiro atoms. The zero-order valence-corrected chi connectivity index (χ0v) is 14.2. The molecule has 2 rings (SSSR count). The number of nitrogens with two attached hydrogens (primary N) is 1. The van der Waals surface area contributed by atoms with Crippen molar-refractivity contribution >= 4 is 5.69 Å². The fourth-order valence-electron chi connectivity index (χ4n) is 2.66. The van der Waals surface area contributed by atoms with Gasteiger partial charge >= 0.3 is 0 Å². The molecule has 3 nitrogen and oxygen atoms in total. The molecule has 124 valence electrons. The quantitative estimate of drug-likeness (QED) is 0.710. The molecule has 0 heterocycles. The Balaban J connectivity index is 1.74. The van der Waals surface area contributed by atoms with E-state index in [-0.39, 0.29) is 0 Å². The van der Waals surface area contributed by atoms with E-state index in [0.29, 0.717) is 12.5 Å². The predicted octanol–water partition coefficient (Wildman–Crippen LogP) is 4.04. The van der Waals surface area contributed by atoms with Crippen molar-refractivity contribution in [2.75, 3.05) is 32.1 Å². The summed E-state index contributed by atoms with van der Waals surface area (Å²) in [5, 5.41) is 0. The molecule has 0 aliphatic carbocycles. The van der Waals surface area contributed by atoms with E-state index in [0.717, 1.165) is 31.6 Å². The average Bonchev–Trinajstić information content (AvgIpc) is 2.59. The van der Waals surface area contributed by atoms with Gasteiger partial charge in [0.25, 0.3) is 0 Å². The van der Waals surface area contributed by atoms with E-state index in [4.69, 9.17) is 10.5 Å². The van der Waals surface area contributed by atoms with Crippen LogP contribution in [0.3, 0.4) is 0 Å². The van der Waals surface area contributed by atoms with Crippen LogP contribution in [0, 0.1) is 0 Å². The Hall–Kier alpha value is -2.00. The molecule has 0 fully saturated rings. The predicted molar refractivity (Wildman–Crippen MR) is 98.4 cm³/mol. The number of rotatable bonds is 9. The van der Waals surface area contributed by atoms with E-state index in [1.807, 2.05) is 30.3 Å². The van der Waals surface area contributed by atoms with Gasteiger partial charge in [-0.2, -0.15) is 0 Å². The average molecular weight is 312 g/mol. The highest BCUT2D eigenvalue weighted by atomic mass is 16.5. The lowest BCUT2D eigenvalue weighted by Crippen LogP contribution is -2.14. The Labute approximate surface area is 140 Å². The number of benzene rings is 2. The zero-order chi connectivity index (χ0) is 16.5. The molecule has 2 aromatic rings. The minimum Gasteiger partial charge on any atom is -0.494 e. The maximum atomic E-state index is 5.97. The van der Waals surface area contributed by atoms with Gasteiger partial charge in [0, 0.05) is 19.8 Å². The molecule has 0 saturated heterocycles. The maximum absolute atomic E-state index is 5.97. The first-order valence-electron chi connectivity index (χ1n) is 8.36. The lowest BCUT2D eigenvalue weighted by Gasteiger charge is -2.18. The Bertz CT molecular complexity index is 552. The molecule has 0 radical (unpaired) electrons. The summed E-state index contributed by atoms with van der Waals surface area (Å²) in [7, 11) is 4.12. The number of nitrogens with zero attached hydrogens (tertiary/aromatic N) is 1. The van der Waals surface area contributed by atoms with Crippen LogP contribution in [0.5, 0.6) is 5.75 Å². The Morgan fingerprint density at radius 1 is 0.957 bits per heavy atom. The molecule has 0 bridgehead atoms. The summed E-state index contributed by atoms with van der Waals surface area (Å²) >= 11 is 0. The third-order valence-electron chi connectivity index (χ3n) is 4.12. The van der Waals surface area contributed by atoms with Crippen molar-refractivity contribution in [1.29, 1.82) is 0 Å². The molecule has 1 unspecified atom stereocenters. The van der Waals surface area contributed by atoms with Gasteiger partial charge in [0.05, 0.1) is 6.61 Å². The SMILES string of the molecule is CN(C)c1ccc(C(CN)CCCCOc2ccccc2)cc1. The van der Waals surface area contributed by atoms with E-state index in [1.54, 1.807) is 0 Å². The van der Waals surface area contributed by atoms with Crippen molar-refractivity contribution in [3.63, 3.8) is 0 Å². The summed E-state index contributed by atoms with van der Waals surface area (Å²) in [6.45, 7) is 1.46. The van der Waals surface area contributed by atoms with Gasteiger partial charge in [-0.05, 0) is 61.6 Å². The van der Waals surface area contributed by atoms with Crippen LogP contribution >= 0.6 is 0 Å². The molecule has 23 heavy (non-hydrogen) atoms. The minimum atomic E-state index is 0.433. The van der Waals surface area contributed by atoms with Crippen LogP contribution in [0.4, 0.5) is 5.69 Å². The molecule has 0 saturated carbocycles. The van der Waals surface area contributed by atoms with Gasteiger partial charge in [0.15, 0.2) is 0 Å². The zero-order valence-electron chi connectivity index (χ0n) is 14.2. The van der Waals surface area contributed by atoms with Gasteiger partial charge in [0.1, 0.15) is 5.75 Å². The first-order chi connectivity index (χ1) is 11.2. The number of para-hydroxylation sites is 1. The fraction of sp³-hybridized carbons (Fsp3) is 0.400. The van der Waals surface area contributed by atoms with Crippen molar-refractivity contribution in [2.24, 2.45) is 5.73 Å². The van der Waals surface area contributed by atoms with Gasteiger partial charge in [-0.3, -0.25) is 0 Å². The summed E-state index contributed by atoms with van der Waals surface area (Å²) in [6.07, 6.45) is 3.29. The Morgan fingerprint density at radius 2 is 1.65 bits per heavy atom. The normalized spacial score (nSPS) is 12.0. The number of hydrogen-bond donors (Lipinski definition) is 1. The summed E-state index contributed by atoms with van der Waals surface area (Å²) < 4.78 is 5.73. The molecule has 2 aromatic carbocycles. The highest BCUT2D eigenvalue weighted by Crippen LogP contribution is 2.23. The summed E-state index contributed by atoms with van der Waals surface area (Å²) in [5.74, 6) is 1.38. The lowest BCUT2D eigenvalue weighted by molar-refractivity contribution is 0.303. The van der Waals surface area contributed by atoms with Crippen molar-refractivity contribution in [3.8, 4) is 5.75 Å². The third-order valence-corrected chi connectivity index (χ3v) is 4.12. The van der Waals surface area contributed by atoms with Gasteiger partial charge in [-0.15, -0.1) is 0 Å². The lowest BCUT2D eigenvalue weighted by atomic mass is 9.93. The largest absolute Gasteiger partial charge is 0.494 e. The number of ether oxygens (including phenoxy) is 1. The van der Waals surface area contributed by atoms with Crippen LogP contribution in [-0.2, 0) is 0 Å². The second-order valence-electron chi connectivity index (χ2n) is 6.08. The molecule has 0 aromatic heterocycles. The molecule has 0 aliphatic heterocycles. The number of anilines is 1. The van der Waals surface area contributed by atoms with Crippen molar-refractivity contribution in [1.82, 2.24) is 0 Å². The molecular weight excluding hydrogens is 284 g/mol. The van der Waals surface area contributed by atoms with Crippen LogP contribution in [0.1, 0.15) is 30.7 Å².